The number of aliphatic hydroxyl groups excluding tert-OH is 1. The van der Waals surface area contributed by atoms with Gasteiger partial charge in [0.05, 0.1) is 11.7 Å². The molecule has 0 aliphatic heterocycles. The number of aromatic nitrogens is 5. The molecule has 3 aromatic rings. The lowest BCUT2D eigenvalue weighted by Crippen LogP contribution is -2.08. The topological polar surface area (TPSA) is 80.8 Å². The third-order valence-electron chi connectivity index (χ3n) is 4.39. The summed E-state index contributed by atoms with van der Waals surface area (Å²) in [6.45, 7) is 6.91. The number of fused-ring (bicyclic) bond motifs is 1. The third kappa shape index (κ3) is 3.26. The number of aliphatic hydroxyl groups is 1. The van der Waals surface area contributed by atoms with E-state index in [1.165, 1.54) is 11.3 Å². The van der Waals surface area contributed by atoms with E-state index in [0.717, 1.165) is 49.3 Å². The Labute approximate surface area is 141 Å². The van der Waals surface area contributed by atoms with Gasteiger partial charge in [0.25, 0.3) is 0 Å². The van der Waals surface area contributed by atoms with Crippen LogP contribution in [-0.2, 0) is 13.1 Å². The number of rotatable bonds is 8. The normalized spacial score (nSPS) is 11.3. The van der Waals surface area contributed by atoms with Gasteiger partial charge in [-0.3, -0.25) is 0 Å². The van der Waals surface area contributed by atoms with Crippen molar-refractivity contribution in [3.8, 4) is 0 Å². The summed E-state index contributed by atoms with van der Waals surface area (Å²) in [6, 6.07) is 0. The van der Waals surface area contributed by atoms with Crippen LogP contribution in [0.5, 0.6) is 0 Å². The fourth-order valence-corrected chi connectivity index (χ4v) is 2.99. The molecule has 2 N–H and O–H groups in total. The van der Waals surface area contributed by atoms with Crippen molar-refractivity contribution in [1.29, 1.82) is 0 Å². The van der Waals surface area contributed by atoms with Crippen molar-refractivity contribution >= 4 is 16.9 Å². The predicted octanol–water partition coefficient (Wildman–Crippen LogP) is 2.13. The van der Waals surface area contributed by atoms with E-state index in [1.807, 2.05) is 12.5 Å². The molecule has 0 fully saturated rings. The average molecular weight is 328 g/mol. The molecule has 7 heteroatoms. The maximum atomic E-state index is 9.11. The molecule has 0 unspecified atom stereocenters. The molecule has 24 heavy (non-hydrogen) atoms. The molecule has 0 aromatic carbocycles. The standard InChI is InChI=1S/C17H24N6O/c1-13-14(2)23(8-4-10-24)17-15(13)16(20-11-21-17)19-5-3-7-22-9-6-18-12-22/h6,9,11-12,24H,3-5,7-8,10H2,1-2H3,(H,19,20,21). The minimum absolute atomic E-state index is 0.183. The Morgan fingerprint density at radius 2 is 2.04 bits per heavy atom. The molecule has 0 aliphatic carbocycles. The van der Waals surface area contributed by atoms with Crippen LogP contribution in [0.4, 0.5) is 5.82 Å². The van der Waals surface area contributed by atoms with Gasteiger partial charge in [-0.25, -0.2) is 15.0 Å². The molecule has 0 radical (unpaired) electrons. The zero-order valence-electron chi connectivity index (χ0n) is 14.2. The highest BCUT2D eigenvalue weighted by atomic mass is 16.3. The minimum atomic E-state index is 0.183. The molecule has 3 rings (SSSR count). The van der Waals surface area contributed by atoms with E-state index >= 15 is 0 Å². The van der Waals surface area contributed by atoms with Crippen molar-refractivity contribution < 1.29 is 5.11 Å². The predicted molar refractivity (Wildman–Crippen MR) is 94.0 cm³/mol. The molecule has 0 saturated heterocycles. The summed E-state index contributed by atoms with van der Waals surface area (Å²) < 4.78 is 4.23. The van der Waals surface area contributed by atoms with Crippen LogP contribution in [-0.4, -0.2) is 42.3 Å². The second kappa shape index (κ2) is 7.44. The van der Waals surface area contributed by atoms with Crippen molar-refractivity contribution in [2.75, 3.05) is 18.5 Å². The van der Waals surface area contributed by atoms with Gasteiger partial charge in [-0.15, -0.1) is 0 Å². The lowest BCUT2D eigenvalue weighted by atomic mass is 10.2. The van der Waals surface area contributed by atoms with Crippen molar-refractivity contribution in [3.05, 3.63) is 36.3 Å². The Kier molecular flexibility index (Phi) is 5.10. The molecule has 0 spiro atoms. The summed E-state index contributed by atoms with van der Waals surface area (Å²) >= 11 is 0. The molecule has 0 saturated carbocycles. The Bertz CT molecular complexity index is 793. The largest absolute Gasteiger partial charge is 0.396 e. The monoisotopic (exact) mass is 328 g/mol. The summed E-state index contributed by atoms with van der Waals surface area (Å²) in [5.74, 6) is 0.883. The summed E-state index contributed by atoms with van der Waals surface area (Å²) in [5.41, 5.74) is 3.31. The van der Waals surface area contributed by atoms with Crippen LogP contribution in [0.3, 0.4) is 0 Å². The first-order valence-corrected chi connectivity index (χ1v) is 8.33. The maximum absolute atomic E-state index is 9.11. The van der Waals surface area contributed by atoms with Crippen LogP contribution in [0.15, 0.2) is 25.0 Å². The fraction of sp³-hybridized carbons (Fsp3) is 0.471. The second-order valence-corrected chi connectivity index (χ2v) is 5.94. The molecule has 7 nitrogen and oxygen atoms in total. The van der Waals surface area contributed by atoms with Crippen molar-refractivity contribution in [2.45, 2.75) is 39.8 Å². The average Bonchev–Trinajstić information content (AvgIpc) is 3.19. The van der Waals surface area contributed by atoms with Crippen LogP contribution in [0.25, 0.3) is 11.0 Å². The van der Waals surface area contributed by atoms with E-state index in [0.29, 0.717) is 0 Å². The third-order valence-corrected chi connectivity index (χ3v) is 4.39. The van der Waals surface area contributed by atoms with Gasteiger partial charge in [-0.1, -0.05) is 0 Å². The number of hydrogen-bond acceptors (Lipinski definition) is 5. The van der Waals surface area contributed by atoms with Gasteiger partial charge in [0, 0.05) is 44.3 Å². The van der Waals surface area contributed by atoms with Gasteiger partial charge >= 0.3 is 0 Å². The zero-order chi connectivity index (χ0) is 16.9. The molecule has 0 amide bonds. The highest BCUT2D eigenvalue weighted by Gasteiger charge is 2.15. The van der Waals surface area contributed by atoms with Gasteiger partial charge in [-0.05, 0) is 32.3 Å². The number of nitrogens with one attached hydrogen (secondary N) is 1. The summed E-state index contributed by atoms with van der Waals surface area (Å²) in [7, 11) is 0. The lowest BCUT2D eigenvalue weighted by molar-refractivity contribution is 0.280. The number of aryl methyl sites for hydroxylation is 3. The zero-order valence-corrected chi connectivity index (χ0v) is 14.2. The first-order valence-electron chi connectivity index (χ1n) is 8.33. The maximum Gasteiger partial charge on any atom is 0.145 e. The Morgan fingerprint density at radius 1 is 1.17 bits per heavy atom. The molecule has 3 aromatic heterocycles. The molecule has 128 valence electrons. The van der Waals surface area contributed by atoms with E-state index in [2.05, 4.69) is 43.3 Å². The van der Waals surface area contributed by atoms with Crippen LogP contribution in [0, 0.1) is 13.8 Å². The highest BCUT2D eigenvalue weighted by molar-refractivity contribution is 5.91. The molecular formula is C17H24N6O. The van der Waals surface area contributed by atoms with Crippen LogP contribution in [0.1, 0.15) is 24.1 Å². The molecular weight excluding hydrogens is 304 g/mol. The van der Waals surface area contributed by atoms with Gasteiger partial charge in [0.15, 0.2) is 0 Å². The van der Waals surface area contributed by atoms with Crippen molar-refractivity contribution in [3.63, 3.8) is 0 Å². The fourth-order valence-electron chi connectivity index (χ4n) is 2.99. The van der Waals surface area contributed by atoms with Gasteiger partial charge in [0.2, 0.25) is 0 Å². The van der Waals surface area contributed by atoms with Gasteiger partial charge < -0.3 is 19.6 Å². The molecule has 0 bridgehead atoms. The van der Waals surface area contributed by atoms with Crippen LogP contribution in [0.2, 0.25) is 0 Å². The molecule has 0 atom stereocenters. The van der Waals surface area contributed by atoms with Crippen molar-refractivity contribution in [2.24, 2.45) is 0 Å². The summed E-state index contributed by atoms with van der Waals surface area (Å²) in [5, 5.41) is 13.6. The number of imidazole rings is 1. The number of nitrogens with zero attached hydrogens (tertiary/aromatic N) is 5. The smallest absolute Gasteiger partial charge is 0.145 e. The van der Waals surface area contributed by atoms with Crippen LogP contribution >= 0.6 is 0 Å². The van der Waals surface area contributed by atoms with Crippen LogP contribution < -0.4 is 5.32 Å². The SMILES string of the molecule is Cc1c(C)n(CCCO)c2ncnc(NCCCn3ccnc3)c12. The molecule has 0 aliphatic rings. The summed E-state index contributed by atoms with van der Waals surface area (Å²) in [4.78, 5) is 12.9. The second-order valence-electron chi connectivity index (χ2n) is 5.94. The minimum Gasteiger partial charge on any atom is -0.396 e. The quantitative estimate of drug-likeness (QED) is 0.619. The van der Waals surface area contributed by atoms with Gasteiger partial charge in [-0.2, -0.15) is 0 Å². The summed E-state index contributed by atoms with van der Waals surface area (Å²) in [6.07, 6.45) is 8.92. The number of hydrogen-bond donors (Lipinski definition) is 2. The Hall–Kier alpha value is -2.41. The van der Waals surface area contributed by atoms with Gasteiger partial charge in [0.1, 0.15) is 17.8 Å². The van der Waals surface area contributed by atoms with E-state index in [9.17, 15) is 0 Å². The lowest BCUT2D eigenvalue weighted by Gasteiger charge is -2.08. The molecule has 3 heterocycles. The first kappa shape index (κ1) is 16.4. The van der Waals surface area contributed by atoms with E-state index in [1.54, 1.807) is 12.5 Å². The van der Waals surface area contributed by atoms with E-state index < -0.39 is 0 Å². The first-order chi connectivity index (χ1) is 11.7. The Balaban J connectivity index is 1.75. The number of anilines is 1. The van der Waals surface area contributed by atoms with E-state index in [-0.39, 0.29) is 6.61 Å². The highest BCUT2D eigenvalue weighted by Crippen LogP contribution is 2.28. The Morgan fingerprint density at radius 3 is 2.79 bits per heavy atom. The van der Waals surface area contributed by atoms with E-state index in [4.69, 9.17) is 5.11 Å². The van der Waals surface area contributed by atoms with Crippen molar-refractivity contribution in [1.82, 2.24) is 24.1 Å².